The van der Waals surface area contributed by atoms with E-state index in [4.69, 9.17) is 0 Å². The highest BCUT2D eigenvalue weighted by Gasteiger charge is 2.13. The van der Waals surface area contributed by atoms with Crippen molar-refractivity contribution in [3.63, 3.8) is 0 Å². The zero-order valence-electron chi connectivity index (χ0n) is 8.57. The quantitative estimate of drug-likeness (QED) is 0.599. The summed E-state index contributed by atoms with van der Waals surface area (Å²) in [6.07, 6.45) is 0. The molecule has 0 unspecified atom stereocenters. The summed E-state index contributed by atoms with van der Waals surface area (Å²) in [6.45, 7) is 0. The van der Waals surface area contributed by atoms with Crippen LogP contribution in [0.15, 0.2) is 27.5 Å². The number of aryl methyl sites for hydroxylation is 1. The standard InChI is InChI=1S/C8H6BrN5O3/c1-12-8(15)13(11-10-12)6-2-5(9)3-7(4-6)14(16)17/h2-4H,1H3. The van der Waals surface area contributed by atoms with Crippen molar-refractivity contribution in [2.45, 2.75) is 0 Å². The van der Waals surface area contributed by atoms with E-state index in [1.165, 1.54) is 19.2 Å². The number of non-ortho nitro benzene ring substituents is 1. The number of benzene rings is 1. The molecule has 0 saturated heterocycles. The van der Waals surface area contributed by atoms with Gasteiger partial charge in [-0.15, -0.1) is 0 Å². The van der Waals surface area contributed by atoms with Gasteiger partial charge in [-0.05, 0) is 16.5 Å². The Balaban J connectivity index is 2.64. The summed E-state index contributed by atoms with van der Waals surface area (Å²) >= 11 is 3.14. The van der Waals surface area contributed by atoms with Crippen LogP contribution in [0.1, 0.15) is 0 Å². The number of halogens is 1. The van der Waals surface area contributed by atoms with Gasteiger partial charge in [0.1, 0.15) is 0 Å². The van der Waals surface area contributed by atoms with E-state index in [0.29, 0.717) is 4.47 Å². The number of nitro groups is 1. The molecule has 0 N–H and O–H groups in total. The van der Waals surface area contributed by atoms with Gasteiger partial charge in [-0.3, -0.25) is 10.1 Å². The summed E-state index contributed by atoms with van der Waals surface area (Å²) in [7, 11) is 1.44. The lowest BCUT2D eigenvalue weighted by Gasteiger charge is -1.99. The van der Waals surface area contributed by atoms with Crippen molar-refractivity contribution < 1.29 is 4.92 Å². The zero-order valence-corrected chi connectivity index (χ0v) is 10.2. The predicted octanol–water partition coefficient (Wildman–Crippen LogP) is 0.637. The molecule has 0 saturated carbocycles. The van der Waals surface area contributed by atoms with Crippen LogP contribution in [0.4, 0.5) is 5.69 Å². The molecule has 0 aliphatic rings. The molecule has 0 atom stereocenters. The van der Waals surface area contributed by atoms with Crippen molar-refractivity contribution in [2.24, 2.45) is 7.05 Å². The maximum Gasteiger partial charge on any atom is 0.368 e. The maximum atomic E-state index is 11.6. The van der Waals surface area contributed by atoms with Crippen molar-refractivity contribution >= 4 is 21.6 Å². The molecule has 0 spiro atoms. The molecule has 0 bridgehead atoms. The number of hydrogen-bond donors (Lipinski definition) is 0. The molecule has 0 fully saturated rings. The molecule has 1 aromatic heterocycles. The fourth-order valence-electron chi connectivity index (χ4n) is 1.26. The lowest BCUT2D eigenvalue weighted by Crippen LogP contribution is -2.21. The highest BCUT2D eigenvalue weighted by atomic mass is 79.9. The summed E-state index contributed by atoms with van der Waals surface area (Å²) in [5, 5.41) is 17.8. The van der Waals surface area contributed by atoms with Crippen LogP contribution in [0.25, 0.3) is 5.69 Å². The van der Waals surface area contributed by atoms with Crippen molar-refractivity contribution in [1.29, 1.82) is 0 Å². The molecule has 1 heterocycles. The average Bonchev–Trinajstić information content (AvgIpc) is 2.59. The van der Waals surface area contributed by atoms with Crippen LogP contribution in [-0.4, -0.2) is 24.7 Å². The van der Waals surface area contributed by atoms with E-state index in [1.807, 2.05) is 0 Å². The number of aromatic nitrogens is 4. The first-order valence-electron chi connectivity index (χ1n) is 4.43. The molecule has 17 heavy (non-hydrogen) atoms. The van der Waals surface area contributed by atoms with Crippen molar-refractivity contribution in [3.05, 3.63) is 43.3 Å². The van der Waals surface area contributed by atoms with Gasteiger partial charge < -0.3 is 0 Å². The molecule has 9 heteroatoms. The van der Waals surface area contributed by atoms with Crippen LogP contribution >= 0.6 is 15.9 Å². The molecule has 88 valence electrons. The fourth-order valence-corrected chi connectivity index (χ4v) is 1.73. The Bertz CT molecular complexity index is 647. The molecule has 0 aliphatic carbocycles. The number of rotatable bonds is 2. The van der Waals surface area contributed by atoms with E-state index < -0.39 is 10.6 Å². The molecular weight excluding hydrogens is 294 g/mol. The Kier molecular flexibility index (Phi) is 2.76. The van der Waals surface area contributed by atoms with E-state index in [-0.39, 0.29) is 11.4 Å². The van der Waals surface area contributed by atoms with Crippen LogP contribution in [0, 0.1) is 10.1 Å². The van der Waals surface area contributed by atoms with Crippen LogP contribution in [0.2, 0.25) is 0 Å². The van der Waals surface area contributed by atoms with Gasteiger partial charge in [-0.1, -0.05) is 15.9 Å². The summed E-state index contributed by atoms with van der Waals surface area (Å²) in [6, 6.07) is 4.13. The molecule has 1 aromatic carbocycles. The van der Waals surface area contributed by atoms with Gasteiger partial charge in [0.2, 0.25) is 0 Å². The third kappa shape index (κ3) is 2.09. The first-order chi connectivity index (χ1) is 7.99. The van der Waals surface area contributed by atoms with Crippen molar-refractivity contribution in [2.75, 3.05) is 0 Å². The molecule has 8 nitrogen and oxygen atoms in total. The zero-order chi connectivity index (χ0) is 12.6. The summed E-state index contributed by atoms with van der Waals surface area (Å²) < 4.78 is 2.50. The predicted molar refractivity (Wildman–Crippen MR) is 61.0 cm³/mol. The Hall–Kier alpha value is -2.03. The second-order valence-electron chi connectivity index (χ2n) is 3.22. The lowest BCUT2D eigenvalue weighted by atomic mass is 10.3. The number of hydrogen-bond acceptors (Lipinski definition) is 5. The number of tetrazole rings is 1. The molecule has 2 aromatic rings. The smallest absolute Gasteiger partial charge is 0.258 e. The van der Waals surface area contributed by atoms with E-state index in [0.717, 1.165) is 9.36 Å². The lowest BCUT2D eigenvalue weighted by molar-refractivity contribution is -0.384. The largest absolute Gasteiger partial charge is 0.368 e. The van der Waals surface area contributed by atoms with E-state index in [1.54, 1.807) is 6.07 Å². The topological polar surface area (TPSA) is 95.8 Å². The molecule has 0 amide bonds. The Morgan fingerprint density at radius 3 is 2.59 bits per heavy atom. The normalized spacial score (nSPS) is 10.5. The van der Waals surface area contributed by atoms with Crippen LogP contribution in [0.3, 0.4) is 0 Å². The summed E-state index contributed by atoms with van der Waals surface area (Å²) in [5.41, 5.74) is -0.325. The average molecular weight is 300 g/mol. The Labute approximate surface area is 103 Å². The summed E-state index contributed by atoms with van der Waals surface area (Å²) in [4.78, 5) is 21.7. The highest BCUT2D eigenvalue weighted by Crippen LogP contribution is 2.22. The van der Waals surface area contributed by atoms with Gasteiger partial charge in [0, 0.05) is 23.7 Å². The van der Waals surface area contributed by atoms with Gasteiger partial charge in [0.15, 0.2) is 0 Å². The van der Waals surface area contributed by atoms with Crippen molar-refractivity contribution in [3.8, 4) is 5.69 Å². The van der Waals surface area contributed by atoms with E-state index in [2.05, 4.69) is 26.4 Å². The Morgan fingerprint density at radius 2 is 2.06 bits per heavy atom. The van der Waals surface area contributed by atoms with E-state index in [9.17, 15) is 14.9 Å². The monoisotopic (exact) mass is 299 g/mol. The second kappa shape index (κ2) is 4.09. The molecule has 0 radical (unpaired) electrons. The third-order valence-corrected chi connectivity index (χ3v) is 2.50. The van der Waals surface area contributed by atoms with Crippen LogP contribution in [0.5, 0.6) is 0 Å². The van der Waals surface area contributed by atoms with Crippen molar-refractivity contribution in [1.82, 2.24) is 19.8 Å². The number of nitrogens with zero attached hydrogens (tertiary/aromatic N) is 5. The SMILES string of the molecule is Cn1nnn(-c2cc(Br)cc([N+](=O)[O-])c2)c1=O. The minimum absolute atomic E-state index is 0.132. The molecule has 2 rings (SSSR count). The van der Waals surface area contributed by atoms with Gasteiger partial charge in [-0.2, -0.15) is 9.36 Å². The first-order valence-corrected chi connectivity index (χ1v) is 5.22. The minimum atomic E-state index is -0.546. The Morgan fingerprint density at radius 1 is 1.35 bits per heavy atom. The molecular formula is C8H6BrN5O3. The van der Waals surface area contributed by atoms with Gasteiger partial charge in [-0.25, -0.2) is 4.79 Å². The minimum Gasteiger partial charge on any atom is -0.258 e. The second-order valence-corrected chi connectivity index (χ2v) is 4.14. The first kappa shape index (κ1) is 11.5. The van der Waals surface area contributed by atoms with Gasteiger partial charge in [0.05, 0.1) is 10.6 Å². The summed E-state index contributed by atoms with van der Waals surface area (Å²) in [5.74, 6) is 0. The fraction of sp³-hybridized carbons (Fsp3) is 0.125. The van der Waals surface area contributed by atoms with E-state index >= 15 is 0 Å². The van der Waals surface area contributed by atoms with Gasteiger partial charge in [0.25, 0.3) is 5.69 Å². The highest BCUT2D eigenvalue weighted by molar-refractivity contribution is 9.10. The third-order valence-electron chi connectivity index (χ3n) is 2.04. The molecule has 0 aliphatic heterocycles. The van der Waals surface area contributed by atoms with Crippen LogP contribution < -0.4 is 5.69 Å². The maximum absolute atomic E-state index is 11.6. The van der Waals surface area contributed by atoms with Crippen LogP contribution in [-0.2, 0) is 7.05 Å². The van der Waals surface area contributed by atoms with Gasteiger partial charge >= 0.3 is 5.69 Å². The number of nitro benzene ring substituents is 1.